The lowest BCUT2D eigenvalue weighted by Gasteiger charge is -2.46. The highest BCUT2D eigenvalue weighted by Crippen LogP contribution is 2.30. The molecule has 12 unspecified atom stereocenters. The number of nitrogens with one attached hydrogen (secondary N) is 1. The molecule has 2 fully saturated rings. The summed E-state index contributed by atoms with van der Waals surface area (Å²) in [6.45, 7) is 2.69. The molecule has 9 N–H and O–H groups in total. The Morgan fingerprint density at radius 1 is 0.474 bits per heavy atom. The SMILES string of the molecule is CC/C=C\C/C=C\C/C=C\C/C=C\C/C=C\CCCCCCCCCCCC(=O)NC(COC1OC(CO)C(OC2OC(CO)C(O)C(O)C2O)C(O)C1O)C(O)/C=C/CCCCCCCCCCCCCCCCCCC. The normalized spacial score (nSPS) is 25.1. The Bertz CT molecular complexity index is 1580. The third-order valence-corrected chi connectivity index (χ3v) is 14.9. The fraction of sp³-hybridized carbons (Fsp3) is 0.797. The van der Waals surface area contributed by atoms with Gasteiger partial charge in [-0.1, -0.05) is 234 Å². The summed E-state index contributed by atoms with van der Waals surface area (Å²) in [6, 6.07) is -0.922. The van der Waals surface area contributed by atoms with Crippen LogP contribution < -0.4 is 5.32 Å². The molecule has 2 rings (SSSR count). The topological polar surface area (TPSA) is 228 Å². The van der Waals surface area contributed by atoms with E-state index in [1.807, 2.05) is 6.08 Å². The zero-order valence-electron chi connectivity index (χ0n) is 48.6. The van der Waals surface area contributed by atoms with E-state index >= 15 is 0 Å². The van der Waals surface area contributed by atoms with Crippen LogP contribution in [0.1, 0.15) is 232 Å². The number of carbonyl (C=O) groups excluding carboxylic acids is 1. The van der Waals surface area contributed by atoms with Gasteiger partial charge in [-0.3, -0.25) is 4.79 Å². The van der Waals surface area contributed by atoms with Crippen LogP contribution in [-0.4, -0.2) is 140 Å². The summed E-state index contributed by atoms with van der Waals surface area (Å²) in [4.78, 5) is 13.3. The molecule has 0 radical (unpaired) electrons. The minimum absolute atomic E-state index is 0.247. The molecular formula is C64H113NO13. The molecule has 78 heavy (non-hydrogen) atoms. The molecule has 0 aromatic rings. The molecule has 0 bridgehead atoms. The van der Waals surface area contributed by atoms with Gasteiger partial charge in [0.05, 0.1) is 32.0 Å². The lowest BCUT2D eigenvalue weighted by Crippen LogP contribution is -2.65. The fourth-order valence-electron chi connectivity index (χ4n) is 9.91. The van der Waals surface area contributed by atoms with E-state index in [4.69, 9.17) is 18.9 Å². The number of rotatable bonds is 49. The third kappa shape index (κ3) is 34.0. The molecule has 2 aliphatic rings. The highest BCUT2D eigenvalue weighted by atomic mass is 16.7. The molecule has 2 heterocycles. The van der Waals surface area contributed by atoms with Gasteiger partial charge in [-0.05, 0) is 64.2 Å². The monoisotopic (exact) mass is 1100 g/mol. The van der Waals surface area contributed by atoms with Gasteiger partial charge in [0.15, 0.2) is 12.6 Å². The van der Waals surface area contributed by atoms with Crippen molar-refractivity contribution >= 4 is 5.91 Å². The molecule has 0 aliphatic carbocycles. The van der Waals surface area contributed by atoms with Crippen LogP contribution in [0.5, 0.6) is 0 Å². The first kappa shape index (κ1) is 71.5. The van der Waals surface area contributed by atoms with Crippen LogP contribution in [-0.2, 0) is 23.7 Å². The summed E-state index contributed by atoms with van der Waals surface area (Å²) in [6.07, 6.45) is 47.9. The van der Waals surface area contributed by atoms with Gasteiger partial charge in [-0.2, -0.15) is 0 Å². The first-order chi connectivity index (χ1) is 38.1. The Kier molecular flexibility index (Phi) is 45.0. The van der Waals surface area contributed by atoms with Crippen LogP contribution in [0.25, 0.3) is 0 Å². The predicted molar refractivity (Wildman–Crippen MR) is 313 cm³/mol. The maximum Gasteiger partial charge on any atom is 0.220 e. The van der Waals surface area contributed by atoms with Gasteiger partial charge in [0.2, 0.25) is 5.91 Å². The maximum absolute atomic E-state index is 13.3. The van der Waals surface area contributed by atoms with Gasteiger partial charge < -0.3 is 65.1 Å². The number of ether oxygens (including phenoxy) is 4. The van der Waals surface area contributed by atoms with Crippen LogP contribution in [0, 0.1) is 0 Å². The van der Waals surface area contributed by atoms with Gasteiger partial charge >= 0.3 is 0 Å². The average Bonchev–Trinajstić information content (AvgIpc) is 3.44. The van der Waals surface area contributed by atoms with Crippen molar-refractivity contribution < 1.29 is 64.6 Å². The summed E-state index contributed by atoms with van der Waals surface area (Å²) in [5, 5.41) is 87.2. The van der Waals surface area contributed by atoms with Crippen LogP contribution in [0.15, 0.2) is 72.9 Å². The van der Waals surface area contributed by atoms with Crippen LogP contribution in [0.2, 0.25) is 0 Å². The molecule has 14 heteroatoms. The van der Waals surface area contributed by atoms with Gasteiger partial charge in [-0.15, -0.1) is 0 Å². The van der Waals surface area contributed by atoms with Gasteiger partial charge in [0.25, 0.3) is 0 Å². The number of amides is 1. The van der Waals surface area contributed by atoms with Crippen LogP contribution >= 0.6 is 0 Å². The lowest BCUT2D eigenvalue weighted by atomic mass is 9.97. The second-order valence-electron chi connectivity index (χ2n) is 21.8. The Morgan fingerprint density at radius 2 is 0.885 bits per heavy atom. The smallest absolute Gasteiger partial charge is 0.220 e. The zero-order valence-corrected chi connectivity index (χ0v) is 48.6. The largest absolute Gasteiger partial charge is 0.394 e. The molecule has 0 spiro atoms. The summed E-state index contributed by atoms with van der Waals surface area (Å²) in [5.41, 5.74) is 0. The van der Waals surface area contributed by atoms with E-state index in [2.05, 4.69) is 79.9 Å². The van der Waals surface area contributed by atoms with E-state index in [1.165, 1.54) is 128 Å². The highest BCUT2D eigenvalue weighted by Gasteiger charge is 2.51. The second-order valence-corrected chi connectivity index (χ2v) is 21.8. The van der Waals surface area contributed by atoms with E-state index in [1.54, 1.807) is 6.08 Å². The number of allylic oxidation sites excluding steroid dienone is 11. The third-order valence-electron chi connectivity index (χ3n) is 14.9. The van der Waals surface area contributed by atoms with Gasteiger partial charge in [0.1, 0.15) is 48.8 Å². The van der Waals surface area contributed by atoms with Crippen LogP contribution in [0.3, 0.4) is 0 Å². The maximum atomic E-state index is 13.3. The molecule has 14 nitrogen and oxygen atoms in total. The second kappa shape index (κ2) is 49.1. The Balaban J connectivity index is 1.75. The molecule has 2 saturated heterocycles. The van der Waals surface area contributed by atoms with Crippen molar-refractivity contribution in [3.8, 4) is 0 Å². The van der Waals surface area contributed by atoms with Crippen molar-refractivity contribution in [3.05, 3.63) is 72.9 Å². The average molecular weight is 1100 g/mol. The Morgan fingerprint density at radius 3 is 1.36 bits per heavy atom. The van der Waals surface area contributed by atoms with Crippen molar-refractivity contribution in [2.75, 3.05) is 19.8 Å². The summed E-state index contributed by atoms with van der Waals surface area (Å²) in [5.74, 6) is -0.247. The van der Waals surface area contributed by atoms with Crippen molar-refractivity contribution in [3.63, 3.8) is 0 Å². The standard InChI is InChI=1S/C64H113NO13/c1-3-5-7-9-11-13-15-17-19-21-23-24-25-26-27-28-30-32-34-36-38-40-42-44-46-48-56(69)65-52(53(68)47-45-43-41-39-37-35-33-31-29-22-20-18-16-14-12-10-8-6-4-2)51-75-63-61(74)59(72)62(55(50-67)77-63)78-64-60(73)58(71)57(70)54(49-66)76-64/h5,7,11,13,17,19,23-24,26-27,45,47,52-55,57-64,66-68,70-74H,3-4,6,8-10,12,14-16,18,20-22,25,28-44,46,48-51H2,1-2H3,(H,65,69)/b7-5-,13-11-,19-17-,24-23-,27-26-,47-45+. The molecule has 0 saturated carbocycles. The Labute approximate surface area is 472 Å². The Hall–Kier alpha value is -2.57. The fourth-order valence-corrected chi connectivity index (χ4v) is 9.91. The molecular weight excluding hydrogens is 991 g/mol. The van der Waals surface area contributed by atoms with Gasteiger partial charge in [-0.25, -0.2) is 0 Å². The zero-order chi connectivity index (χ0) is 56.7. The molecule has 452 valence electrons. The number of hydrogen-bond acceptors (Lipinski definition) is 13. The number of aliphatic hydroxyl groups excluding tert-OH is 8. The van der Waals surface area contributed by atoms with Crippen molar-refractivity contribution in [2.45, 2.75) is 306 Å². The van der Waals surface area contributed by atoms with E-state index in [0.717, 1.165) is 77.0 Å². The highest BCUT2D eigenvalue weighted by molar-refractivity contribution is 5.76. The molecule has 12 atom stereocenters. The number of unbranched alkanes of at least 4 members (excludes halogenated alkanes) is 26. The van der Waals surface area contributed by atoms with Crippen LogP contribution in [0.4, 0.5) is 0 Å². The summed E-state index contributed by atoms with van der Waals surface area (Å²) >= 11 is 0. The number of aliphatic hydroxyl groups is 8. The van der Waals surface area contributed by atoms with Crippen molar-refractivity contribution in [2.24, 2.45) is 0 Å². The summed E-state index contributed by atoms with van der Waals surface area (Å²) < 4.78 is 22.8. The summed E-state index contributed by atoms with van der Waals surface area (Å²) in [7, 11) is 0. The van der Waals surface area contributed by atoms with E-state index in [9.17, 15) is 45.6 Å². The van der Waals surface area contributed by atoms with Crippen molar-refractivity contribution in [1.29, 1.82) is 0 Å². The minimum Gasteiger partial charge on any atom is -0.394 e. The number of hydrogen-bond donors (Lipinski definition) is 9. The quantitative estimate of drug-likeness (QED) is 0.0204. The van der Waals surface area contributed by atoms with Gasteiger partial charge in [0, 0.05) is 6.42 Å². The minimum atomic E-state index is -1.79. The van der Waals surface area contributed by atoms with E-state index in [0.29, 0.717) is 6.42 Å². The van der Waals surface area contributed by atoms with E-state index in [-0.39, 0.29) is 18.9 Å². The van der Waals surface area contributed by atoms with E-state index < -0.39 is 86.8 Å². The first-order valence-electron chi connectivity index (χ1n) is 31.2. The predicted octanol–water partition coefficient (Wildman–Crippen LogP) is 11.1. The lowest BCUT2D eigenvalue weighted by molar-refractivity contribution is -0.359. The molecule has 0 aromatic heterocycles. The molecule has 1 amide bonds. The first-order valence-corrected chi connectivity index (χ1v) is 31.2. The molecule has 2 aliphatic heterocycles. The number of carbonyl (C=O) groups is 1. The van der Waals surface area contributed by atoms with Crippen molar-refractivity contribution in [1.82, 2.24) is 5.32 Å². The molecule has 0 aromatic carbocycles.